The van der Waals surface area contributed by atoms with Gasteiger partial charge in [-0.15, -0.1) is 11.3 Å². The number of fused-ring (bicyclic) bond motifs is 3. The van der Waals surface area contributed by atoms with Gasteiger partial charge < -0.3 is 14.6 Å². The van der Waals surface area contributed by atoms with Crippen LogP contribution in [0.15, 0.2) is 29.1 Å². The van der Waals surface area contributed by atoms with Crippen LogP contribution < -0.4 is 15.6 Å². The second-order valence-corrected chi connectivity index (χ2v) is 9.75. The molecule has 1 amide bonds. The van der Waals surface area contributed by atoms with Crippen LogP contribution in [-0.4, -0.2) is 47.2 Å². The predicted molar refractivity (Wildman–Crippen MR) is 134 cm³/mol. The van der Waals surface area contributed by atoms with E-state index >= 15 is 0 Å². The third-order valence-electron chi connectivity index (χ3n) is 5.83. The van der Waals surface area contributed by atoms with Crippen LogP contribution in [-0.2, 0) is 7.05 Å². The SMILES string of the molecule is CCCCOc1c(C(=O)NCCN(C(C)C)C(C)C)sc2c1c(=O)n(C)c1ccccc21. The van der Waals surface area contributed by atoms with E-state index in [1.165, 1.54) is 11.3 Å². The van der Waals surface area contributed by atoms with Gasteiger partial charge in [-0.05, 0) is 40.2 Å². The Kier molecular flexibility index (Phi) is 7.96. The molecule has 0 bridgehead atoms. The monoisotopic (exact) mass is 457 g/mol. The standard InChI is InChI=1S/C25H35N3O3S/c1-7-8-15-31-21-20-22(18-11-9-10-12-19(18)27(6)25(20)30)32-23(21)24(29)26-13-14-28(16(2)3)17(4)5/h9-12,16-17H,7-8,13-15H2,1-6H3,(H,26,29). The van der Waals surface area contributed by atoms with Crippen LogP contribution in [0.4, 0.5) is 0 Å². The number of hydrogen-bond donors (Lipinski definition) is 1. The first-order valence-corrected chi connectivity index (χ1v) is 12.3. The van der Waals surface area contributed by atoms with Crippen molar-refractivity contribution in [2.24, 2.45) is 7.05 Å². The first-order chi connectivity index (χ1) is 15.3. The van der Waals surface area contributed by atoms with Crippen LogP contribution in [0.5, 0.6) is 5.75 Å². The van der Waals surface area contributed by atoms with Gasteiger partial charge in [0.15, 0.2) is 5.75 Å². The maximum atomic E-state index is 13.2. The number of para-hydroxylation sites is 1. The lowest BCUT2D eigenvalue weighted by atomic mass is 10.1. The number of carbonyl (C=O) groups is 1. The molecule has 174 valence electrons. The smallest absolute Gasteiger partial charge is 0.265 e. The Morgan fingerprint density at radius 1 is 1.19 bits per heavy atom. The first kappa shape index (κ1) is 24.3. The molecule has 32 heavy (non-hydrogen) atoms. The lowest BCUT2D eigenvalue weighted by molar-refractivity contribution is 0.0940. The number of pyridine rings is 1. The highest BCUT2D eigenvalue weighted by atomic mass is 32.1. The van der Waals surface area contributed by atoms with E-state index < -0.39 is 0 Å². The molecular formula is C25H35N3O3S. The van der Waals surface area contributed by atoms with E-state index in [0.717, 1.165) is 35.0 Å². The minimum absolute atomic E-state index is 0.133. The Morgan fingerprint density at radius 2 is 1.88 bits per heavy atom. The van der Waals surface area contributed by atoms with Crippen molar-refractivity contribution in [1.29, 1.82) is 0 Å². The van der Waals surface area contributed by atoms with Gasteiger partial charge in [0.25, 0.3) is 11.5 Å². The first-order valence-electron chi connectivity index (χ1n) is 11.5. The Hall–Kier alpha value is -2.38. The summed E-state index contributed by atoms with van der Waals surface area (Å²) in [6.07, 6.45) is 1.84. The highest BCUT2D eigenvalue weighted by Gasteiger charge is 2.25. The highest BCUT2D eigenvalue weighted by molar-refractivity contribution is 7.22. The molecule has 0 fully saturated rings. The van der Waals surface area contributed by atoms with Crippen molar-refractivity contribution < 1.29 is 9.53 Å². The minimum Gasteiger partial charge on any atom is -0.491 e. The molecule has 3 rings (SSSR count). The second-order valence-electron chi connectivity index (χ2n) is 8.73. The fraction of sp³-hybridized carbons (Fsp3) is 0.520. The van der Waals surface area contributed by atoms with Crippen LogP contribution >= 0.6 is 11.3 Å². The van der Waals surface area contributed by atoms with E-state index in [1.807, 2.05) is 24.3 Å². The van der Waals surface area contributed by atoms with E-state index in [1.54, 1.807) is 11.6 Å². The maximum Gasteiger partial charge on any atom is 0.265 e. The van der Waals surface area contributed by atoms with Crippen molar-refractivity contribution in [1.82, 2.24) is 14.8 Å². The fourth-order valence-corrected chi connectivity index (χ4v) is 5.32. The van der Waals surface area contributed by atoms with Crippen molar-refractivity contribution in [2.75, 3.05) is 19.7 Å². The third kappa shape index (κ3) is 4.84. The minimum atomic E-state index is -0.184. The highest BCUT2D eigenvalue weighted by Crippen LogP contribution is 2.39. The van der Waals surface area contributed by atoms with Crippen LogP contribution in [0.2, 0.25) is 0 Å². The van der Waals surface area contributed by atoms with Gasteiger partial charge in [-0.3, -0.25) is 14.5 Å². The molecule has 0 aliphatic carbocycles. The summed E-state index contributed by atoms with van der Waals surface area (Å²) in [5.74, 6) is 0.239. The molecule has 1 aromatic carbocycles. The molecule has 0 spiro atoms. The molecule has 0 aliphatic heterocycles. The largest absolute Gasteiger partial charge is 0.491 e. The van der Waals surface area contributed by atoms with Gasteiger partial charge in [-0.2, -0.15) is 0 Å². The van der Waals surface area contributed by atoms with E-state index in [0.29, 0.717) is 41.2 Å². The number of aromatic nitrogens is 1. The molecule has 7 heteroatoms. The van der Waals surface area contributed by atoms with Crippen molar-refractivity contribution in [2.45, 2.75) is 59.5 Å². The van der Waals surface area contributed by atoms with E-state index in [9.17, 15) is 9.59 Å². The van der Waals surface area contributed by atoms with Gasteiger partial charge in [-0.25, -0.2) is 0 Å². The fourth-order valence-electron chi connectivity index (χ4n) is 4.13. The van der Waals surface area contributed by atoms with Crippen LogP contribution in [0, 0.1) is 0 Å². The molecule has 0 unspecified atom stereocenters. The molecule has 0 saturated carbocycles. The topological polar surface area (TPSA) is 63.6 Å². The van der Waals surface area contributed by atoms with Gasteiger partial charge in [0.05, 0.1) is 16.8 Å². The molecule has 1 N–H and O–H groups in total. The molecule has 3 aromatic rings. The molecule has 0 aliphatic rings. The van der Waals surface area contributed by atoms with Gasteiger partial charge in [0.2, 0.25) is 0 Å². The summed E-state index contributed by atoms with van der Waals surface area (Å²) in [5.41, 5.74) is 0.717. The Bertz CT molecular complexity index is 1140. The number of rotatable bonds is 10. The average molecular weight is 458 g/mol. The molecule has 6 nitrogen and oxygen atoms in total. The predicted octanol–water partition coefficient (Wildman–Crippen LogP) is 4.78. The molecule has 0 radical (unpaired) electrons. The van der Waals surface area contributed by atoms with Crippen molar-refractivity contribution in [3.05, 3.63) is 39.5 Å². The van der Waals surface area contributed by atoms with Crippen molar-refractivity contribution in [3.63, 3.8) is 0 Å². The van der Waals surface area contributed by atoms with Crippen LogP contribution in [0.3, 0.4) is 0 Å². The zero-order valence-corrected chi connectivity index (χ0v) is 20.8. The zero-order chi connectivity index (χ0) is 23.4. The van der Waals surface area contributed by atoms with Crippen molar-refractivity contribution >= 4 is 38.2 Å². The summed E-state index contributed by atoms with van der Waals surface area (Å²) in [7, 11) is 1.77. The Balaban J connectivity index is 2.00. The van der Waals surface area contributed by atoms with Crippen LogP contribution in [0.25, 0.3) is 21.0 Å². The number of unbranched alkanes of at least 4 members (excludes halogenated alkanes) is 1. The quantitative estimate of drug-likeness (QED) is 0.445. The number of nitrogens with one attached hydrogen (secondary N) is 1. The number of aryl methyl sites for hydroxylation is 1. The van der Waals surface area contributed by atoms with E-state index in [4.69, 9.17) is 4.74 Å². The lowest BCUT2D eigenvalue weighted by Gasteiger charge is -2.30. The van der Waals surface area contributed by atoms with Crippen LogP contribution in [0.1, 0.15) is 57.1 Å². The molecule has 0 atom stereocenters. The number of ether oxygens (including phenoxy) is 1. The lowest BCUT2D eigenvalue weighted by Crippen LogP contribution is -2.42. The van der Waals surface area contributed by atoms with Gasteiger partial charge in [0, 0.05) is 37.6 Å². The molecule has 2 heterocycles. The normalized spacial score (nSPS) is 11.9. The summed E-state index contributed by atoms with van der Waals surface area (Å²) in [6.45, 7) is 12.5. The number of hydrogen-bond acceptors (Lipinski definition) is 5. The summed E-state index contributed by atoms with van der Waals surface area (Å²) in [6, 6.07) is 8.60. The number of benzene rings is 1. The number of nitrogens with zero attached hydrogens (tertiary/aromatic N) is 2. The third-order valence-corrected chi connectivity index (χ3v) is 7.03. The number of carbonyl (C=O) groups excluding carboxylic acids is 1. The summed E-state index contributed by atoms with van der Waals surface area (Å²) in [5, 5.41) is 4.52. The van der Waals surface area contributed by atoms with E-state index in [2.05, 4.69) is 44.8 Å². The number of thiophene rings is 1. The van der Waals surface area contributed by atoms with E-state index in [-0.39, 0.29) is 11.5 Å². The Morgan fingerprint density at radius 3 is 2.53 bits per heavy atom. The summed E-state index contributed by atoms with van der Waals surface area (Å²) >= 11 is 1.35. The second kappa shape index (κ2) is 10.5. The molecular weight excluding hydrogens is 422 g/mol. The summed E-state index contributed by atoms with van der Waals surface area (Å²) in [4.78, 5) is 29.3. The molecule has 0 saturated heterocycles. The van der Waals surface area contributed by atoms with Gasteiger partial charge in [0.1, 0.15) is 10.3 Å². The van der Waals surface area contributed by atoms with Gasteiger partial charge >= 0.3 is 0 Å². The average Bonchev–Trinajstić information content (AvgIpc) is 3.14. The van der Waals surface area contributed by atoms with Crippen molar-refractivity contribution in [3.8, 4) is 5.75 Å². The number of amides is 1. The zero-order valence-electron chi connectivity index (χ0n) is 20.0. The van der Waals surface area contributed by atoms with Gasteiger partial charge in [-0.1, -0.05) is 31.5 Å². The maximum absolute atomic E-state index is 13.2. The Labute approximate surface area is 194 Å². The summed E-state index contributed by atoms with van der Waals surface area (Å²) < 4.78 is 8.52. The molecule has 2 aromatic heterocycles.